The number of anilines is 2. The number of benzene rings is 2. The number of sulfone groups is 1. The van der Waals surface area contributed by atoms with E-state index in [-0.39, 0.29) is 35.2 Å². The minimum absolute atomic E-state index is 0.0350. The summed E-state index contributed by atoms with van der Waals surface area (Å²) in [5, 5.41) is 7.79. The maximum absolute atomic E-state index is 12.7. The number of amides is 2. The highest BCUT2D eigenvalue weighted by atomic mass is 32.2. The maximum Gasteiger partial charge on any atom is 0.228 e. The Kier molecular flexibility index (Phi) is 5.85. The predicted molar refractivity (Wildman–Crippen MR) is 133 cm³/mol. The summed E-state index contributed by atoms with van der Waals surface area (Å²) in [6.07, 6.45) is 4.40. The van der Waals surface area contributed by atoms with Crippen molar-refractivity contribution in [2.75, 3.05) is 22.1 Å². The van der Waals surface area contributed by atoms with Crippen molar-refractivity contribution in [2.24, 2.45) is 11.8 Å². The first kappa shape index (κ1) is 22.5. The van der Waals surface area contributed by atoms with Gasteiger partial charge in [-0.15, -0.1) is 0 Å². The lowest BCUT2D eigenvalue weighted by Crippen LogP contribution is -2.31. The molecule has 2 fully saturated rings. The first-order valence-electron chi connectivity index (χ1n) is 11.6. The standard InChI is InChI=1S/C26H27N3O4S/c1-16-2-7-22(28-25(30)18-8-10-34(32,33)11-9-18)14-23(16)20-6-5-19-13-24(27-15-21(19)12-20)29-26(31)17-3-4-17/h2,5-7,12-15,17-18H,3-4,8-11H2,1H3,(H,28,30)(H,27,29,31). The third-order valence-corrected chi connectivity index (χ3v) is 8.38. The Morgan fingerprint density at radius 1 is 0.853 bits per heavy atom. The molecule has 0 spiro atoms. The van der Waals surface area contributed by atoms with Gasteiger partial charge in [0.1, 0.15) is 15.7 Å². The van der Waals surface area contributed by atoms with E-state index in [9.17, 15) is 18.0 Å². The SMILES string of the molecule is Cc1ccc(NC(=O)C2CCS(=O)(=O)CC2)cc1-c1ccc2cc(NC(=O)C3CC3)ncc2c1. The molecule has 1 saturated heterocycles. The molecule has 2 N–H and O–H groups in total. The molecule has 0 atom stereocenters. The van der Waals surface area contributed by atoms with Crippen molar-refractivity contribution in [3.05, 3.63) is 54.2 Å². The number of hydrogen-bond donors (Lipinski definition) is 2. The summed E-state index contributed by atoms with van der Waals surface area (Å²) in [5.74, 6) is 0.453. The molecule has 34 heavy (non-hydrogen) atoms. The summed E-state index contributed by atoms with van der Waals surface area (Å²) in [4.78, 5) is 29.1. The zero-order valence-electron chi connectivity index (χ0n) is 19.0. The fourth-order valence-corrected chi connectivity index (χ4v) is 5.85. The Balaban J connectivity index is 1.34. The lowest BCUT2D eigenvalue weighted by molar-refractivity contribution is -0.120. The van der Waals surface area contributed by atoms with Crippen LogP contribution >= 0.6 is 0 Å². The molecule has 1 aliphatic carbocycles. The van der Waals surface area contributed by atoms with Crippen LogP contribution in [0.5, 0.6) is 0 Å². The van der Waals surface area contributed by atoms with Gasteiger partial charge in [0.15, 0.2) is 0 Å². The van der Waals surface area contributed by atoms with Crippen LogP contribution in [0, 0.1) is 18.8 Å². The minimum Gasteiger partial charge on any atom is -0.326 e. The van der Waals surface area contributed by atoms with E-state index in [4.69, 9.17) is 0 Å². The van der Waals surface area contributed by atoms with Crippen LogP contribution in [0.25, 0.3) is 21.9 Å². The molecule has 3 aromatic rings. The van der Waals surface area contributed by atoms with E-state index in [0.29, 0.717) is 24.3 Å². The van der Waals surface area contributed by atoms with Gasteiger partial charge in [0.05, 0.1) is 11.5 Å². The van der Waals surface area contributed by atoms with Crippen molar-refractivity contribution < 1.29 is 18.0 Å². The first-order chi connectivity index (χ1) is 16.3. The van der Waals surface area contributed by atoms with Crippen LogP contribution in [0.3, 0.4) is 0 Å². The van der Waals surface area contributed by atoms with E-state index < -0.39 is 9.84 Å². The van der Waals surface area contributed by atoms with Gasteiger partial charge >= 0.3 is 0 Å². The van der Waals surface area contributed by atoms with Crippen molar-refractivity contribution >= 4 is 43.9 Å². The molecule has 1 aliphatic heterocycles. The second kappa shape index (κ2) is 8.83. The van der Waals surface area contributed by atoms with Gasteiger partial charge in [-0.1, -0.05) is 18.2 Å². The van der Waals surface area contributed by atoms with Crippen LogP contribution in [-0.2, 0) is 19.4 Å². The number of hydrogen-bond acceptors (Lipinski definition) is 5. The van der Waals surface area contributed by atoms with Crippen molar-refractivity contribution in [3.63, 3.8) is 0 Å². The summed E-state index contributed by atoms with van der Waals surface area (Å²) in [6, 6.07) is 13.7. The monoisotopic (exact) mass is 477 g/mol. The van der Waals surface area contributed by atoms with E-state index >= 15 is 0 Å². The molecular weight excluding hydrogens is 450 g/mol. The average molecular weight is 478 g/mol. The average Bonchev–Trinajstić information content (AvgIpc) is 3.65. The van der Waals surface area contributed by atoms with Crippen LogP contribution in [0.2, 0.25) is 0 Å². The number of nitrogens with zero attached hydrogens (tertiary/aromatic N) is 1. The summed E-state index contributed by atoms with van der Waals surface area (Å²) >= 11 is 0. The number of nitrogens with one attached hydrogen (secondary N) is 2. The number of carbonyl (C=O) groups is 2. The minimum atomic E-state index is -3.00. The third kappa shape index (κ3) is 4.97. The number of fused-ring (bicyclic) bond motifs is 1. The van der Waals surface area contributed by atoms with Gasteiger partial charge in [-0.05, 0) is 78.9 Å². The zero-order valence-corrected chi connectivity index (χ0v) is 19.8. The molecule has 176 valence electrons. The van der Waals surface area contributed by atoms with Gasteiger partial charge in [0.2, 0.25) is 11.8 Å². The number of carbonyl (C=O) groups excluding carboxylic acids is 2. The van der Waals surface area contributed by atoms with E-state index in [1.165, 1.54) is 0 Å². The summed E-state index contributed by atoms with van der Waals surface area (Å²) in [7, 11) is -3.00. The normalized spacial score (nSPS) is 17.9. The Labute approximate surface area is 198 Å². The van der Waals surface area contributed by atoms with Gasteiger partial charge in [0.25, 0.3) is 0 Å². The molecule has 2 aliphatic rings. The molecular formula is C26H27N3O4S. The van der Waals surface area contributed by atoms with Crippen LogP contribution in [-0.4, -0.2) is 36.7 Å². The highest BCUT2D eigenvalue weighted by Crippen LogP contribution is 2.32. The molecule has 2 amide bonds. The molecule has 5 rings (SSSR count). The smallest absolute Gasteiger partial charge is 0.228 e. The third-order valence-electron chi connectivity index (χ3n) is 6.66. The molecule has 0 unspecified atom stereocenters. The molecule has 7 nitrogen and oxygen atoms in total. The van der Waals surface area contributed by atoms with Crippen molar-refractivity contribution in [2.45, 2.75) is 32.6 Å². The van der Waals surface area contributed by atoms with Crippen LogP contribution < -0.4 is 10.6 Å². The lowest BCUT2D eigenvalue weighted by atomic mass is 9.97. The molecule has 0 radical (unpaired) electrons. The number of rotatable bonds is 5. The molecule has 0 bridgehead atoms. The molecule has 2 heterocycles. The van der Waals surface area contributed by atoms with E-state index in [1.54, 1.807) is 6.20 Å². The van der Waals surface area contributed by atoms with E-state index in [1.807, 2.05) is 43.3 Å². The molecule has 1 aromatic heterocycles. The molecule has 1 saturated carbocycles. The Bertz CT molecular complexity index is 1380. The number of aryl methyl sites for hydroxylation is 1. The second-order valence-corrected chi connectivity index (χ2v) is 11.6. The van der Waals surface area contributed by atoms with E-state index in [0.717, 1.165) is 40.3 Å². The quantitative estimate of drug-likeness (QED) is 0.569. The van der Waals surface area contributed by atoms with E-state index in [2.05, 4.69) is 21.7 Å². The Morgan fingerprint density at radius 2 is 1.56 bits per heavy atom. The Morgan fingerprint density at radius 3 is 2.29 bits per heavy atom. The highest BCUT2D eigenvalue weighted by Gasteiger charge is 2.30. The zero-order chi connectivity index (χ0) is 23.9. The molecule has 8 heteroatoms. The van der Waals surface area contributed by atoms with Gasteiger partial charge in [-0.2, -0.15) is 0 Å². The second-order valence-electron chi connectivity index (χ2n) is 9.34. The van der Waals surface area contributed by atoms with Gasteiger partial charge in [-0.25, -0.2) is 13.4 Å². The summed E-state index contributed by atoms with van der Waals surface area (Å²) in [6.45, 7) is 2.02. The van der Waals surface area contributed by atoms with Crippen LogP contribution in [0.15, 0.2) is 48.7 Å². The lowest BCUT2D eigenvalue weighted by Gasteiger charge is -2.21. The largest absolute Gasteiger partial charge is 0.326 e. The van der Waals surface area contributed by atoms with Gasteiger partial charge < -0.3 is 10.6 Å². The highest BCUT2D eigenvalue weighted by molar-refractivity contribution is 7.91. The van der Waals surface area contributed by atoms with Crippen LogP contribution in [0.4, 0.5) is 11.5 Å². The Hall–Kier alpha value is -3.26. The van der Waals surface area contributed by atoms with Gasteiger partial charge in [-0.3, -0.25) is 9.59 Å². The number of aromatic nitrogens is 1. The molecule has 2 aromatic carbocycles. The maximum atomic E-state index is 12.7. The fourth-order valence-electron chi connectivity index (χ4n) is 4.36. The first-order valence-corrected chi connectivity index (χ1v) is 13.4. The topological polar surface area (TPSA) is 105 Å². The predicted octanol–water partition coefficient (Wildman–Crippen LogP) is 4.32. The van der Waals surface area contributed by atoms with Gasteiger partial charge in [0, 0.05) is 29.1 Å². The van der Waals surface area contributed by atoms with Crippen molar-refractivity contribution in [1.82, 2.24) is 4.98 Å². The summed E-state index contributed by atoms with van der Waals surface area (Å²) < 4.78 is 23.3. The number of pyridine rings is 1. The van der Waals surface area contributed by atoms with Crippen molar-refractivity contribution in [1.29, 1.82) is 0 Å². The van der Waals surface area contributed by atoms with Crippen molar-refractivity contribution in [3.8, 4) is 11.1 Å². The van der Waals surface area contributed by atoms with Crippen LogP contribution in [0.1, 0.15) is 31.2 Å². The summed E-state index contributed by atoms with van der Waals surface area (Å²) in [5.41, 5.74) is 3.76. The fraction of sp³-hybridized carbons (Fsp3) is 0.346.